The van der Waals surface area contributed by atoms with Gasteiger partial charge in [-0.3, -0.25) is 4.79 Å². The largest absolute Gasteiger partial charge is 0.508 e. The maximum atomic E-state index is 12.2. The molecule has 0 radical (unpaired) electrons. The summed E-state index contributed by atoms with van der Waals surface area (Å²) in [5.41, 5.74) is 2.94. The number of allylic oxidation sites excluding steroid dienone is 2. The van der Waals surface area contributed by atoms with Gasteiger partial charge in [0.25, 0.3) is 5.91 Å². The smallest absolute Gasteiger partial charge is 0.286 e. The highest BCUT2D eigenvalue weighted by Gasteiger charge is 2.25. The summed E-state index contributed by atoms with van der Waals surface area (Å²) in [5, 5.41) is 10.0. The highest BCUT2D eigenvalue weighted by Crippen LogP contribution is 2.31. The number of rotatable bonds is 3. The van der Waals surface area contributed by atoms with Crippen LogP contribution in [-0.2, 0) is 4.79 Å². The Morgan fingerprint density at radius 2 is 1.80 bits per heavy atom. The number of phenolic OH excluding ortho intramolecular Hbond substituents is 1. The van der Waals surface area contributed by atoms with Crippen LogP contribution in [0.15, 0.2) is 76.1 Å². The van der Waals surface area contributed by atoms with Crippen LogP contribution < -0.4 is 4.90 Å². The van der Waals surface area contributed by atoms with Crippen molar-refractivity contribution >= 4 is 34.6 Å². The van der Waals surface area contributed by atoms with Gasteiger partial charge in [-0.2, -0.15) is 4.99 Å². The third-order valence-corrected chi connectivity index (χ3v) is 4.75. The van der Waals surface area contributed by atoms with E-state index in [1.807, 2.05) is 61.4 Å². The molecule has 0 spiro atoms. The fraction of sp³-hybridized carbons (Fsp3) is 0.100. The first kappa shape index (κ1) is 17.0. The molecular formula is C20H18N2O2S. The summed E-state index contributed by atoms with van der Waals surface area (Å²) in [5.74, 6) is -0.0251. The molecule has 126 valence electrons. The second-order valence-electron chi connectivity index (χ2n) is 5.68. The molecule has 0 fully saturated rings. The third-order valence-electron chi connectivity index (χ3n) is 3.69. The summed E-state index contributed by atoms with van der Waals surface area (Å²) in [6.45, 7) is 1.97. The molecule has 4 nitrogen and oxygen atoms in total. The average Bonchev–Trinajstić information content (AvgIpc) is 2.96. The predicted molar refractivity (Wildman–Crippen MR) is 105 cm³/mol. The van der Waals surface area contributed by atoms with E-state index >= 15 is 0 Å². The number of thioether (sulfide) groups is 1. The molecule has 0 aromatic heterocycles. The molecule has 0 aliphatic carbocycles. The molecule has 3 rings (SSSR count). The molecule has 0 bridgehead atoms. The summed E-state index contributed by atoms with van der Waals surface area (Å²) in [6.07, 6.45) is 3.89. The average molecular weight is 350 g/mol. The van der Waals surface area contributed by atoms with Gasteiger partial charge < -0.3 is 10.0 Å². The first-order valence-electron chi connectivity index (χ1n) is 7.81. The summed E-state index contributed by atoms with van der Waals surface area (Å²) < 4.78 is 0. The Bertz CT molecular complexity index is 868. The first-order chi connectivity index (χ1) is 12.0. The predicted octanol–water partition coefficient (Wildman–Crippen LogP) is 4.45. The molecule has 2 aromatic rings. The maximum Gasteiger partial charge on any atom is 0.286 e. The SMILES string of the molecule is CC(=C/c1ccccc1)/C=C1/SC(N(C)c2ccc(O)cc2)=NC1=O. The highest BCUT2D eigenvalue weighted by molar-refractivity contribution is 8.18. The molecule has 0 saturated carbocycles. The molecule has 0 saturated heterocycles. The Morgan fingerprint density at radius 3 is 2.48 bits per heavy atom. The van der Waals surface area contributed by atoms with Crippen molar-refractivity contribution in [3.05, 3.63) is 76.7 Å². The minimum absolute atomic E-state index is 0.205. The van der Waals surface area contributed by atoms with Gasteiger partial charge in [0.2, 0.25) is 0 Å². The van der Waals surface area contributed by atoms with Crippen LogP contribution in [0.5, 0.6) is 5.75 Å². The number of aromatic hydroxyl groups is 1. The molecule has 1 N–H and O–H groups in total. The Morgan fingerprint density at radius 1 is 1.12 bits per heavy atom. The molecule has 0 atom stereocenters. The van der Waals surface area contributed by atoms with Crippen molar-refractivity contribution in [1.29, 1.82) is 0 Å². The molecule has 1 heterocycles. The minimum Gasteiger partial charge on any atom is -0.508 e. The zero-order valence-electron chi connectivity index (χ0n) is 14.0. The van der Waals surface area contributed by atoms with E-state index < -0.39 is 0 Å². The van der Waals surface area contributed by atoms with Crippen LogP contribution in [0.25, 0.3) is 6.08 Å². The first-order valence-corrected chi connectivity index (χ1v) is 8.63. The van der Waals surface area contributed by atoms with Gasteiger partial charge in [-0.25, -0.2) is 0 Å². The summed E-state index contributed by atoms with van der Waals surface area (Å²) >= 11 is 1.35. The zero-order chi connectivity index (χ0) is 17.8. The molecular weight excluding hydrogens is 332 g/mol. The van der Waals surface area contributed by atoms with Gasteiger partial charge in [0, 0.05) is 12.7 Å². The van der Waals surface area contributed by atoms with Gasteiger partial charge in [0.1, 0.15) is 5.75 Å². The fourth-order valence-corrected chi connectivity index (χ4v) is 3.33. The summed E-state index contributed by atoms with van der Waals surface area (Å²) in [4.78, 5) is 18.8. The third kappa shape index (κ3) is 4.19. The van der Waals surface area contributed by atoms with E-state index in [0.29, 0.717) is 10.1 Å². The zero-order valence-corrected chi connectivity index (χ0v) is 14.8. The van der Waals surface area contributed by atoms with Gasteiger partial charge in [-0.1, -0.05) is 36.4 Å². The van der Waals surface area contributed by atoms with Crippen LogP contribution in [0, 0.1) is 0 Å². The van der Waals surface area contributed by atoms with Gasteiger partial charge >= 0.3 is 0 Å². The van der Waals surface area contributed by atoms with Gasteiger partial charge in [-0.05, 0) is 60.2 Å². The lowest BCUT2D eigenvalue weighted by atomic mass is 10.1. The Balaban J connectivity index is 1.76. The lowest BCUT2D eigenvalue weighted by molar-refractivity contribution is -0.113. The monoisotopic (exact) mass is 350 g/mol. The fourth-order valence-electron chi connectivity index (χ4n) is 2.39. The number of anilines is 1. The number of hydrogen-bond donors (Lipinski definition) is 1. The van der Waals surface area contributed by atoms with E-state index in [4.69, 9.17) is 0 Å². The van der Waals surface area contributed by atoms with E-state index in [-0.39, 0.29) is 11.7 Å². The topological polar surface area (TPSA) is 52.9 Å². The van der Waals surface area contributed by atoms with E-state index in [1.54, 1.807) is 24.3 Å². The van der Waals surface area contributed by atoms with Crippen molar-refractivity contribution in [3.8, 4) is 5.75 Å². The second-order valence-corrected chi connectivity index (χ2v) is 6.69. The van der Waals surface area contributed by atoms with Crippen LogP contribution in [0.4, 0.5) is 5.69 Å². The van der Waals surface area contributed by atoms with E-state index in [2.05, 4.69) is 4.99 Å². The molecule has 5 heteroatoms. The quantitative estimate of drug-likeness (QED) is 0.831. The summed E-state index contributed by atoms with van der Waals surface area (Å²) in [7, 11) is 1.85. The van der Waals surface area contributed by atoms with Crippen LogP contribution >= 0.6 is 11.8 Å². The van der Waals surface area contributed by atoms with Crippen molar-refractivity contribution < 1.29 is 9.90 Å². The van der Waals surface area contributed by atoms with Crippen molar-refractivity contribution in [3.63, 3.8) is 0 Å². The van der Waals surface area contributed by atoms with Gasteiger partial charge in [-0.15, -0.1) is 0 Å². The normalized spacial score (nSPS) is 16.2. The lowest BCUT2D eigenvalue weighted by Crippen LogP contribution is -2.21. The Kier molecular flexibility index (Phi) is 5.05. The molecule has 1 aliphatic rings. The van der Waals surface area contributed by atoms with Crippen molar-refractivity contribution in [2.24, 2.45) is 4.99 Å². The molecule has 2 aromatic carbocycles. The standard InChI is InChI=1S/C20H18N2O2S/c1-14(12-15-6-4-3-5-7-15)13-18-19(24)21-20(25-18)22(2)16-8-10-17(23)11-9-16/h3-13,23H,1-2H3/b14-12-,18-13+. The highest BCUT2D eigenvalue weighted by atomic mass is 32.2. The van der Waals surface area contributed by atoms with E-state index in [1.165, 1.54) is 11.8 Å². The molecule has 0 unspecified atom stereocenters. The summed E-state index contributed by atoms with van der Waals surface area (Å²) in [6, 6.07) is 16.8. The molecule has 1 aliphatic heterocycles. The van der Waals surface area contributed by atoms with Crippen molar-refractivity contribution in [2.75, 3.05) is 11.9 Å². The second kappa shape index (κ2) is 7.40. The van der Waals surface area contributed by atoms with Gasteiger partial charge in [0.05, 0.1) is 4.91 Å². The van der Waals surface area contributed by atoms with Crippen LogP contribution in [-0.4, -0.2) is 23.2 Å². The maximum absolute atomic E-state index is 12.2. The number of amides is 1. The number of amidine groups is 1. The molecule has 25 heavy (non-hydrogen) atoms. The van der Waals surface area contributed by atoms with Crippen molar-refractivity contribution in [2.45, 2.75) is 6.92 Å². The number of aliphatic imine (C=N–C) groups is 1. The van der Waals surface area contributed by atoms with Crippen LogP contribution in [0.1, 0.15) is 12.5 Å². The van der Waals surface area contributed by atoms with Gasteiger partial charge in [0.15, 0.2) is 5.17 Å². The lowest BCUT2D eigenvalue weighted by Gasteiger charge is -2.17. The molecule has 1 amide bonds. The number of carbonyl (C=O) groups is 1. The van der Waals surface area contributed by atoms with Crippen LogP contribution in [0.3, 0.4) is 0 Å². The Labute approximate surface area is 151 Å². The number of benzene rings is 2. The van der Waals surface area contributed by atoms with Crippen LogP contribution in [0.2, 0.25) is 0 Å². The minimum atomic E-state index is -0.230. The number of hydrogen-bond acceptors (Lipinski definition) is 4. The number of nitrogens with zero attached hydrogens (tertiary/aromatic N) is 2. The Hall–Kier alpha value is -2.79. The van der Waals surface area contributed by atoms with Crippen molar-refractivity contribution in [1.82, 2.24) is 0 Å². The van der Waals surface area contributed by atoms with E-state index in [0.717, 1.165) is 16.8 Å². The number of phenols is 1. The number of carbonyl (C=O) groups excluding carboxylic acids is 1. The van der Waals surface area contributed by atoms with E-state index in [9.17, 15) is 9.90 Å².